The van der Waals surface area contributed by atoms with Gasteiger partial charge in [0.2, 0.25) is 11.8 Å². The summed E-state index contributed by atoms with van der Waals surface area (Å²) in [6.45, 7) is 11.8. The Bertz CT molecular complexity index is 2280. The third-order valence-corrected chi connectivity index (χ3v) is 13.9. The molecule has 336 valence electrons. The third kappa shape index (κ3) is 10.4. The van der Waals surface area contributed by atoms with E-state index in [1.165, 1.54) is 11.3 Å². The lowest BCUT2D eigenvalue weighted by molar-refractivity contribution is -0.136. The average Bonchev–Trinajstić information content (AvgIpc) is 3.72. The number of benzene rings is 3. The van der Waals surface area contributed by atoms with Crippen LogP contribution < -0.4 is 26.0 Å². The number of carbonyl (C=O) groups is 3. The molecule has 3 atom stereocenters. The largest absolute Gasteiger partial charge is 0.371 e. The lowest BCUT2D eigenvalue weighted by Crippen LogP contribution is -2.46. The highest BCUT2D eigenvalue weighted by atomic mass is 19.1. The molecule has 15 heteroatoms. The third-order valence-electron chi connectivity index (χ3n) is 13.9. The Kier molecular flexibility index (Phi) is 14.1. The number of anilines is 2. The van der Waals surface area contributed by atoms with E-state index in [9.17, 15) is 23.6 Å². The number of likely N-dealkylation sites (tertiary alicyclic amines) is 1. The molecule has 4 saturated heterocycles. The van der Waals surface area contributed by atoms with E-state index < -0.39 is 17.5 Å². The minimum atomic E-state index is -0.867. The number of aromatic nitrogens is 3. The van der Waals surface area contributed by atoms with Crippen LogP contribution in [0, 0.1) is 18.7 Å². The molecule has 4 fully saturated rings. The minimum Gasteiger partial charge on any atom is -0.371 e. The van der Waals surface area contributed by atoms with Crippen molar-refractivity contribution in [2.45, 2.75) is 82.8 Å². The Labute approximate surface area is 369 Å². The number of imide groups is 1. The summed E-state index contributed by atoms with van der Waals surface area (Å²) in [5.41, 5.74) is 5.36. The number of nitrogens with zero attached hydrogens (tertiary/aromatic N) is 8. The number of rotatable bonds is 15. The highest BCUT2D eigenvalue weighted by molar-refractivity contribution is 5.99. The van der Waals surface area contributed by atoms with Crippen LogP contribution in [0.3, 0.4) is 0 Å². The van der Waals surface area contributed by atoms with Gasteiger partial charge in [-0.1, -0.05) is 42.3 Å². The number of aryl methyl sites for hydroxylation is 1. The van der Waals surface area contributed by atoms with Crippen molar-refractivity contribution in [2.24, 2.45) is 5.92 Å². The highest BCUT2D eigenvalue weighted by Crippen LogP contribution is 2.33. The molecule has 2 N–H and O–H groups in total. The molecule has 3 aromatic carbocycles. The van der Waals surface area contributed by atoms with Gasteiger partial charge >= 0.3 is 0 Å². The lowest BCUT2D eigenvalue weighted by Gasteiger charge is -2.36. The van der Waals surface area contributed by atoms with Gasteiger partial charge in [0.1, 0.15) is 17.4 Å². The summed E-state index contributed by atoms with van der Waals surface area (Å²) in [5.74, 6) is -0.544. The molecular weight excluding hydrogens is 800 g/mol. The van der Waals surface area contributed by atoms with E-state index >= 15 is 0 Å². The summed E-state index contributed by atoms with van der Waals surface area (Å²) in [4.78, 5) is 62.4. The predicted octanol–water partition coefficient (Wildman–Crippen LogP) is 4.46. The minimum absolute atomic E-state index is 0.0367. The van der Waals surface area contributed by atoms with E-state index in [2.05, 4.69) is 83.8 Å². The Balaban J connectivity index is 0.705. The molecule has 63 heavy (non-hydrogen) atoms. The van der Waals surface area contributed by atoms with E-state index in [4.69, 9.17) is 0 Å². The van der Waals surface area contributed by atoms with Gasteiger partial charge in [0.25, 0.3) is 11.5 Å². The van der Waals surface area contributed by atoms with E-state index in [1.807, 2.05) is 19.1 Å². The first-order valence-electron chi connectivity index (χ1n) is 23.0. The highest BCUT2D eigenvalue weighted by Gasteiger charge is 2.36. The van der Waals surface area contributed by atoms with Crippen LogP contribution in [-0.4, -0.2) is 133 Å². The molecular formula is C48H63FN10O4. The van der Waals surface area contributed by atoms with Gasteiger partial charge in [-0.05, 0) is 107 Å². The van der Waals surface area contributed by atoms with Gasteiger partial charge in [0.05, 0.1) is 5.39 Å². The van der Waals surface area contributed by atoms with Crippen molar-refractivity contribution in [3.05, 3.63) is 93.5 Å². The molecule has 0 aliphatic carbocycles. The molecule has 14 nitrogen and oxygen atoms in total. The van der Waals surface area contributed by atoms with Gasteiger partial charge in [-0.2, -0.15) is 4.68 Å². The maximum Gasteiger partial charge on any atom is 0.278 e. The fourth-order valence-corrected chi connectivity index (χ4v) is 10.0. The molecule has 5 heterocycles. The molecule has 8 rings (SSSR count). The van der Waals surface area contributed by atoms with E-state index in [1.54, 1.807) is 24.3 Å². The number of likely N-dealkylation sites (N-methyl/N-ethyl adjacent to an activating group) is 1. The van der Waals surface area contributed by atoms with Crippen LogP contribution in [0.1, 0.15) is 80.0 Å². The number of fused-ring (bicyclic) bond motifs is 1. The quantitative estimate of drug-likeness (QED) is 0.130. The number of hydrogen-bond donors (Lipinski definition) is 2. The molecule has 4 aliphatic heterocycles. The number of carbonyl (C=O) groups excluding carboxylic acids is 3. The SMILES string of the molecule is Cc1cccc(F)c1CN1CC(c2ccc(N3CCN(CCCCCCNC(=O)C4CCN(c5ccc6nnn(C7CCC(=O)NC7=O)c(=O)c6c5)CC4)CC3)cc2)[C@@H](N(C)C)C1. The van der Waals surface area contributed by atoms with Crippen LogP contribution >= 0.6 is 0 Å². The van der Waals surface area contributed by atoms with Crippen molar-refractivity contribution in [3.63, 3.8) is 0 Å². The number of halogens is 1. The maximum atomic E-state index is 14.7. The first-order valence-corrected chi connectivity index (χ1v) is 23.0. The molecule has 0 saturated carbocycles. The zero-order chi connectivity index (χ0) is 44.0. The molecule has 4 aliphatic rings. The van der Waals surface area contributed by atoms with Crippen LogP contribution in [0.15, 0.2) is 65.5 Å². The second kappa shape index (κ2) is 20.1. The van der Waals surface area contributed by atoms with Crippen molar-refractivity contribution in [3.8, 4) is 0 Å². The molecule has 1 aromatic heterocycles. The van der Waals surface area contributed by atoms with Crippen molar-refractivity contribution >= 4 is 40.0 Å². The standard InChI is InChI=1S/C48H63FN10O4/c1-33-9-8-10-41(49)39(33)30-56-31-40(44(32-56)54(2)3)34-11-13-36(14-12-34)58-27-25-55(26-28-58)22-7-5-4-6-21-50-46(61)35-19-23-57(24-20-35)37-15-16-42-38(29-37)48(63)59(53-52-42)43-17-18-45(60)51-47(43)62/h8-16,29,35,40,43-44H,4-7,17-28,30-32H2,1-3H3,(H,50,61)(H,51,60,62)/t40?,43?,44-/m0/s1. The van der Waals surface area contributed by atoms with E-state index in [0.717, 1.165) is 106 Å². The number of amides is 3. The van der Waals surface area contributed by atoms with Crippen LogP contribution in [-0.2, 0) is 20.9 Å². The monoisotopic (exact) mass is 863 g/mol. The topological polar surface area (TPSA) is 139 Å². The van der Waals surface area contributed by atoms with Crippen molar-refractivity contribution in [1.29, 1.82) is 0 Å². The molecule has 0 bridgehead atoms. The summed E-state index contributed by atoms with van der Waals surface area (Å²) < 4.78 is 15.7. The van der Waals surface area contributed by atoms with Gasteiger partial charge in [-0.15, -0.1) is 5.10 Å². The molecule has 4 aromatic rings. The number of piperidine rings is 2. The first kappa shape index (κ1) is 44.4. The van der Waals surface area contributed by atoms with Crippen LogP contribution in [0.5, 0.6) is 0 Å². The first-order chi connectivity index (χ1) is 30.5. The summed E-state index contributed by atoms with van der Waals surface area (Å²) >= 11 is 0. The van der Waals surface area contributed by atoms with E-state index in [-0.39, 0.29) is 36.4 Å². The van der Waals surface area contributed by atoms with Crippen LogP contribution in [0.2, 0.25) is 0 Å². The summed E-state index contributed by atoms with van der Waals surface area (Å²) in [5, 5.41) is 14.0. The van der Waals surface area contributed by atoms with Gasteiger partial charge in [0.15, 0.2) is 0 Å². The Morgan fingerprint density at radius 2 is 1.57 bits per heavy atom. The summed E-state index contributed by atoms with van der Waals surface area (Å²) in [6, 6.07) is 19.5. The Morgan fingerprint density at radius 1 is 0.841 bits per heavy atom. The second-order valence-corrected chi connectivity index (χ2v) is 18.3. The number of hydrogen-bond acceptors (Lipinski definition) is 11. The molecule has 3 amide bonds. The Morgan fingerprint density at radius 3 is 2.30 bits per heavy atom. The Hall–Kier alpha value is -5.25. The normalized spacial score (nSPS) is 21.7. The fraction of sp³-hybridized carbons (Fsp3) is 0.542. The fourth-order valence-electron chi connectivity index (χ4n) is 10.0. The van der Waals surface area contributed by atoms with Crippen molar-refractivity contribution in [2.75, 3.05) is 89.3 Å². The zero-order valence-electron chi connectivity index (χ0n) is 37.1. The van der Waals surface area contributed by atoms with Crippen molar-refractivity contribution in [1.82, 2.24) is 40.3 Å². The van der Waals surface area contributed by atoms with Crippen LogP contribution in [0.4, 0.5) is 15.8 Å². The maximum absolute atomic E-state index is 14.7. The lowest BCUT2D eigenvalue weighted by atomic mass is 9.93. The molecule has 2 unspecified atom stereocenters. The average molecular weight is 863 g/mol. The van der Waals surface area contributed by atoms with Gasteiger partial charge in [0, 0.05) is 107 Å². The number of piperazine rings is 1. The smallest absolute Gasteiger partial charge is 0.278 e. The second-order valence-electron chi connectivity index (χ2n) is 18.3. The molecule has 0 spiro atoms. The van der Waals surface area contributed by atoms with Crippen LogP contribution in [0.25, 0.3) is 10.9 Å². The number of unbranched alkanes of at least 4 members (excludes halogenated alkanes) is 3. The van der Waals surface area contributed by atoms with Gasteiger partial charge < -0.3 is 20.0 Å². The predicted molar refractivity (Wildman–Crippen MR) is 243 cm³/mol. The van der Waals surface area contributed by atoms with Gasteiger partial charge in [-0.25, -0.2) is 4.39 Å². The number of nitrogens with one attached hydrogen (secondary N) is 2. The van der Waals surface area contributed by atoms with Crippen molar-refractivity contribution < 1.29 is 18.8 Å². The zero-order valence-corrected chi connectivity index (χ0v) is 37.1. The molecule has 0 radical (unpaired) electrons. The summed E-state index contributed by atoms with van der Waals surface area (Å²) in [6.07, 6.45) is 6.20. The summed E-state index contributed by atoms with van der Waals surface area (Å²) in [7, 11) is 4.31. The van der Waals surface area contributed by atoms with E-state index in [0.29, 0.717) is 49.0 Å². The van der Waals surface area contributed by atoms with Gasteiger partial charge in [-0.3, -0.25) is 34.3 Å².